The van der Waals surface area contributed by atoms with Crippen LogP contribution in [0.3, 0.4) is 0 Å². The molecular formula is C13H14FNO4S. The normalized spacial score (nSPS) is 11.7. The van der Waals surface area contributed by atoms with Crippen molar-refractivity contribution in [2.45, 2.75) is 18.9 Å². The molecule has 7 heteroatoms. The van der Waals surface area contributed by atoms with Crippen LogP contribution in [0.5, 0.6) is 0 Å². The van der Waals surface area contributed by atoms with E-state index in [9.17, 15) is 18.8 Å². The molecule has 0 aliphatic carbocycles. The molecule has 0 bridgehead atoms. The lowest BCUT2D eigenvalue weighted by Gasteiger charge is -2.11. The lowest BCUT2D eigenvalue weighted by Crippen LogP contribution is -2.42. The first-order valence-electron chi connectivity index (χ1n) is 5.86. The predicted molar refractivity (Wildman–Crippen MR) is 73.4 cm³/mol. The second-order valence-corrected chi connectivity index (χ2v) is 4.44. The average Bonchev–Trinajstić information content (AvgIpc) is 2.42. The van der Waals surface area contributed by atoms with Crippen molar-refractivity contribution in [1.82, 2.24) is 5.32 Å². The number of hydrogen-bond donors (Lipinski definition) is 3. The topological polar surface area (TPSA) is 83.5 Å². The molecule has 1 unspecified atom stereocenters. The fourth-order valence-corrected chi connectivity index (χ4v) is 1.71. The molecule has 0 saturated carbocycles. The van der Waals surface area contributed by atoms with Crippen LogP contribution in [0.4, 0.5) is 4.39 Å². The van der Waals surface area contributed by atoms with Gasteiger partial charge in [-0.2, -0.15) is 12.6 Å². The van der Waals surface area contributed by atoms with Gasteiger partial charge in [-0.25, -0.2) is 9.18 Å². The number of Topliss-reactive ketones (excluding diaryl/α,β-unsaturated/α-hetero) is 1. The molecule has 20 heavy (non-hydrogen) atoms. The molecule has 1 atom stereocenters. The zero-order valence-corrected chi connectivity index (χ0v) is 11.4. The first-order valence-corrected chi connectivity index (χ1v) is 6.49. The highest BCUT2D eigenvalue weighted by atomic mass is 32.1. The summed E-state index contributed by atoms with van der Waals surface area (Å²) in [6.07, 6.45) is -0.204. The molecule has 0 heterocycles. The van der Waals surface area contributed by atoms with Gasteiger partial charge in [0.05, 0.1) is 0 Å². The van der Waals surface area contributed by atoms with Crippen molar-refractivity contribution in [3.05, 3.63) is 35.6 Å². The number of carboxylic acid groups (broad SMARTS) is 1. The molecule has 1 amide bonds. The number of ketones is 1. The number of hydrogen-bond acceptors (Lipinski definition) is 4. The van der Waals surface area contributed by atoms with Gasteiger partial charge in [-0.15, -0.1) is 0 Å². The van der Waals surface area contributed by atoms with Crippen molar-refractivity contribution in [3.8, 4) is 0 Å². The van der Waals surface area contributed by atoms with Crippen molar-refractivity contribution < 1.29 is 23.9 Å². The number of carboxylic acids is 1. The molecule has 1 aromatic carbocycles. The zero-order chi connectivity index (χ0) is 15.1. The molecule has 0 aliphatic rings. The van der Waals surface area contributed by atoms with Crippen LogP contribution in [0.15, 0.2) is 24.3 Å². The summed E-state index contributed by atoms with van der Waals surface area (Å²) >= 11 is 3.81. The predicted octanol–water partition coefficient (Wildman–Crippen LogP) is 1.29. The number of carbonyl (C=O) groups is 3. The minimum atomic E-state index is -1.18. The molecule has 5 nitrogen and oxygen atoms in total. The molecule has 0 saturated heterocycles. The summed E-state index contributed by atoms with van der Waals surface area (Å²) in [6, 6.07) is 3.92. The third-order valence-electron chi connectivity index (χ3n) is 2.56. The summed E-state index contributed by atoms with van der Waals surface area (Å²) in [5.41, 5.74) is 0.308. The lowest BCUT2D eigenvalue weighted by atomic mass is 10.1. The van der Waals surface area contributed by atoms with E-state index < -0.39 is 23.7 Å². The lowest BCUT2D eigenvalue weighted by molar-refractivity contribution is -0.141. The van der Waals surface area contributed by atoms with E-state index in [0.717, 1.165) is 12.1 Å². The fourth-order valence-electron chi connectivity index (χ4n) is 1.46. The number of carbonyl (C=O) groups excluding carboxylic acids is 2. The van der Waals surface area contributed by atoms with E-state index in [-0.39, 0.29) is 24.4 Å². The number of rotatable bonds is 7. The second-order valence-electron chi connectivity index (χ2n) is 4.07. The smallest absolute Gasteiger partial charge is 0.327 e. The first kappa shape index (κ1) is 16.2. The molecule has 0 fully saturated rings. The fraction of sp³-hybridized carbons (Fsp3) is 0.308. The second kappa shape index (κ2) is 7.64. The Morgan fingerprint density at radius 2 is 1.80 bits per heavy atom. The van der Waals surface area contributed by atoms with Crippen LogP contribution in [0.1, 0.15) is 23.2 Å². The summed E-state index contributed by atoms with van der Waals surface area (Å²) in [4.78, 5) is 33.9. The van der Waals surface area contributed by atoms with Crippen molar-refractivity contribution in [2.24, 2.45) is 0 Å². The van der Waals surface area contributed by atoms with Gasteiger partial charge in [0.2, 0.25) is 5.91 Å². The Kier molecular flexibility index (Phi) is 6.17. The van der Waals surface area contributed by atoms with E-state index >= 15 is 0 Å². The highest BCUT2D eigenvalue weighted by Gasteiger charge is 2.18. The van der Waals surface area contributed by atoms with Crippen LogP contribution in [0, 0.1) is 5.82 Å². The van der Waals surface area contributed by atoms with E-state index in [1.165, 1.54) is 12.1 Å². The van der Waals surface area contributed by atoms with Crippen LogP contribution in [0.2, 0.25) is 0 Å². The Labute approximate surface area is 120 Å². The first-order chi connectivity index (χ1) is 9.43. The Bertz CT molecular complexity index is 504. The van der Waals surface area contributed by atoms with E-state index in [1.807, 2.05) is 0 Å². The molecule has 0 aliphatic heterocycles. The van der Waals surface area contributed by atoms with Crippen molar-refractivity contribution >= 4 is 30.3 Å². The number of aliphatic carboxylic acids is 1. The van der Waals surface area contributed by atoms with Gasteiger partial charge in [-0.1, -0.05) is 0 Å². The maximum Gasteiger partial charge on any atom is 0.327 e. The summed E-state index contributed by atoms with van der Waals surface area (Å²) in [5.74, 6) is -2.51. The Hall–Kier alpha value is -1.89. The molecule has 0 spiro atoms. The Morgan fingerprint density at radius 1 is 1.20 bits per heavy atom. The monoisotopic (exact) mass is 299 g/mol. The third-order valence-corrected chi connectivity index (χ3v) is 2.93. The van der Waals surface area contributed by atoms with Gasteiger partial charge in [0.15, 0.2) is 5.78 Å². The number of nitrogens with one attached hydrogen (secondary N) is 1. The maximum absolute atomic E-state index is 12.7. The number of benzene rings is 1. The molecule has 1 rings (SSSR count). The summed E-state index contributed by atoms with van der Waals surface area (Å²) in [6.45, 7) is 0. The van der Waals surface area contributed by atoms with Gasteiger partial charge in [0.25, 0.3) is 0 Å². The molecule has 1 aromatic rings. The quantitative estimate of drug-likeness (QED) is 0.523. The Morgan fingerprint density at radius 3 is 2.30 bits per heavy atom. The highest BCUT2D eigenvalue weighted by molar-refractivity contribution is 7.80. The summed E-state index contributed by atoms with van der Waals surface area (Å²) in [7, 11) is 0. The van der Waals surface area contributed by atoms with Gasteiger partial charge in [-0.05, 0) is 24.3 Å². The van der Waals surface area contributed by atoms with Gasteiger partial charge in [0.1, 0.15) is 11.9 Å². The average molecular weight is 299 g/mol. The van der Waals surface area contributed by atoms with E-state index in [4.69, 9.17) is 5.11 Å². The number of halogens is 1. The van der Waals surface area contributed by atoms with Crippen LogP contribution < -0.4 is 5.32 Å². The highest BCUT2D eigenvalue weighted by Crippen LogP contribution is 2.07. The zero-order valence-electron chi connectivity index (χ0n) is 10.5. The van der Waals surface area contributed by atoms with Gasteiger partial charge < -0.3 is 10.4 Å². The molecule has 108 valence electrons. The molecular weight excluding hydrogens is 285 g/mol. The van der Waals surface area contributed by atoms with Crippen LogP contribution in [-0.2, 0) is 9.59 Å². The van der Waals surface area contributed by atoms with Gasteiger partial charge >= 0.3 is 5.97 Å². The SMILES string of the molecule is O=C(CCC(=O)c1ccc(F)cc1)NC(CS)C(=O)O. The van der Waals surface area contributed by atoms with E-state index in [1.54, 1.807) is 0 Å². The van der Waals surface area contributed by atoms with Crippen LogP contribution in [-0.4, -0.2) is 34.6 Å². The molecule has 0 aromatic heterocycles. The summed E-state index contributed by atoms with van der Waals surface area (Å²) < 4.78 is 12.7. The van der Waals surface area contributed by atoms with Crippen LogP contribution in [0.25, 0.3) is 0 Å². The van der Waals surface area contributed by atoms with E-state index in [0.29, 0.717) is 5.56 Å². The summed E-state index contributed by atoms with van der Waals surface area (Å²) in [5, 5.41) is 11.0. The van der Waals surface area contributed by atoms with Crippen molar-refractivity contribution in [1.29, 1.82) is 0 Å². The standard InChI is InChI=1S/C13H14FNO4S/c14-9-3-1-8(2-4-9)11(16)5-6-12(17)15-10(7-20)13(18)19/h1-4,10,20H,5-7H2,(H,15,17)(H,18,19). The third kappa shape index (κ3) is 5.00. The largest absolute Gasteiger partial charge is 0.480 e. The molecule has 2 N–H and O–H groups in total. The number of amides is 1. The number of thiol groups is 1. The Balaban J connectivity index is 2.46. The van der Waals surface area contributed by atoms with Gasteiger partial charge in [0, 0.05) is 24.2 Å². The minimum Gasteiger partial charge on any atom is -0.480 e. The maximum atomic E-state index is 12.7. The van der Waals surface area contributed by atoms with Crippen LogP contribution >= 0.6 is 12.6 Å². The van der Waals surface area contributed by atoms with Gasteiger partial charge in [-0.3, -0.25) is 9.59 Å². The van der Waals surface area contributed by atoms with E-state index in [2.05, 4.69) is 17.9 Å². The molecule has 0 radical (unpaired) electrons. The minimum absolute atomic E-state index is 0.0347. The van der Waals surface area contributed by atoms with Crippen molar-refractivity contribution in [2.75, 3.05) is 5.75 Å². The van der Waals surface area contributed by atoms with Crippen molar-refractivity contribution in [3.63, 3.8) is 0 Å².